The topological polar surface area (TPSA) is 12.0 Å². The van der Waals surface area contributed by atoms with Gasteiger partial charge in [-0.1, -0.05) is 97.1 Å². The molecule has 0 unspecified atom stereocenters. The molecule has 0 heterocycles. The zero-order valence-corrected chi connectivity index (χ0v) is 19.4. The number of nitrogens with one attached hydrogen (secondary N) is 1. The molecule has 0 aliphatic heterocycles. The van der Waals surface area contributed by atoms with Crippen LogP contribution in [0, 0.1) is 0 Å². The highest BCUT2D eigenvalue weighted by molar-refractivity contribution is 9.10. The van der Waals surface area contributed by atoms with E-state index in [0.717, 1.165) is 15.8 Å². The minimum absolute atomic E-state index is 0.301. The van der Waals surface area contributed by atoms with E-state index in [0.29, 0.717) is 0 Å². The molecular weight excluding hydrogens is 466 g/mol. The molecule has 0 bridgehead atoms. The first kappa shape index (κ1) is 18.9. The van der Waals surface area contributed by atoms with Gasteiger partial charge in [0.15, 0.2) is 0 Å². The van der Waals surface area contributed by atoms with Crippen molar-refractivity contribution in [1.82, 2.24) is 0 Å². The van der Waals surface area contributed by atoms with Crippen molar-refractivity contribution in [3.8, 4) is 22.3 Å². The maximum Gasteiger partial charge on any atom is 0.0726 e. The van der Waals surface area contributed by atoms with Gasteiger partial charge in [-0.15, -0.1) is 0 Å². The molecule has 0 radical (unpaired) electrons. The van der Waals surface area contributed by atoms with Gasteiger partial charge in [0.05, 0.1) is 11.1 Å². The standard InChI is InChI=1S/C31H20BrN/c32-27-17-7-8-18-28(27)33-29-19-9-16-26-30(29)22-12-3-6-15-25(22)31(26)23-13-4-1-10-20(23)21-11-2-5-14-24(21)31/h1-19,33H. The van der Waals surface area contributed by atoms with Crippen LogP contribution in [-0.2, 0) is 5.41 Å². The summed E-state index contributed by atoms with van der Waals surface area (Å²) in [5, 5.41) is 3.72. The lowest BCUT2D eigenvalue weighted by Crippen LogP contribution is -2.25. The fraction of sp³-hybridized carbons (Fsp3) is 0.0323. The smallest absolute Gasteiger partial charge is 0.0726 e. The highest BCUT2D eigenvalue weighted by Gasteiger charge is 2.51. The number of hydrogen-bond donors (Lipinski definition) is 1. The molecule has 0 saturated carbocycles. The van der Waals surface area contributed by atoms with Gasteiger partial charge in [-0.2, -0.15) is 0 Å². The van der Waals surface area contributed by atoms with Crippen LogP contribution in [0.4, 0.5) is 11.4 Å². The van der Waals surface area contributed by atoms with E-state index in [1.807, 2.05) is 6.07 Å². The number of halogens is 1. The van der Waals surface area contributed by atoms with Crippen LogP contribution in [0.25, 0.3) is 22.3 Å². The van der Waals surface area contributed by atoms with Gasteiger partial charge < -0.3 is 5.32 Å². The second-order valence-corrected chi connectivity index (χ2v) is 9.57. The third-order valence-electron chi connectivity index (χ3n) is 7.16. The predicted molar refractivity (Wildman–Crippen MR) is 140 cm³/mol. The van der Waals surface area contributed by atoms with Crippen molar-refractivity contribution < 1.29 is 0 Å². The first-order chi connectivity index (χ1) is 16.3. The second kappa shape index (κ2) is 6.94. The number of hydrogen-bond acceptors (Lipinski definition) is 1. The van der Waals surface area contributed by atoms with Crippen LogP contribution in [0.3, 0.4) is 0 Å². The molecule has 5 aromatic carbocycles. The number of para-hydroxylation sites is 1. The monoisotopic (exact) mass is 485 g/mol. The number of benzene rings is 5. The van der Waals surface area contributed by atoms with Gasteiger partial charge in [0.2, 0.25) is 0 Å². The molecule has 0 fully saturated rings. The average Bonchev–Trinajstić information content (AvgIpc) is 3.34. The first-order valence-electron chi connectivity index (χ1n) is 11.2. The Balaban J connectivity index is 1.58. The molecule has 0 aromatic heterocycles. The van der Waals surface area contributed by atoms with E-state index in [1.165, 1.54) is 44.5 Å². The first-order valence-corrected chi connectivity index (χ1v) is 12.0. The molecule has 0 amide bonds. The van der Waals surface area contributed by atoms with E-state index in [4.69, 9.17) is 0 Å². The van der Waals surface area contributed by atoms with Crippen LogP contribution in [0.1, 0.15) is 22.3 Å². The van der Waals surface area contributed by atoms with Gasteiger partial charge in [-0.25, -0.2) is 0 Å². The summed E-state index contributed by atoms with van der Waals surface area (Å²) in [5.41, 5.74) is 12.6. The lowest BCUT2D eigenvalue weighted by atomic mass is 9.70. The van der Waals surface area contributed by atoms with Crippen molar-refractivity contribution >= 4 is 27.3 Å². The summed E-state index contributed by atoms with van der Waals surface area (Å²) in [4.78, 5) is 0. The minimum Gasteiger partial charge on any atom is -0.354 e. The fourth-order valence-electron chi connectivity index (χ4n) is 5.96. The summed E-state index contributed by atoms with van der Waals surface area (Å²) in [5.74, 6) is 0. The highest BCUT2D eigenvalue weighted by atomic mass is 79.9. The molecule has 1 spiro atoms. The average molecular weight is 486 g/mol. The van der Waals surface area contributed by atoms with Crippen molar-refractivity contribution in [2.75, 3.05) is 5.32 Å². The Morgan fingerprint density at radius 3 is 1.61 bits per heavy atom. The van der Waals surface area contributed by atoms with Crippen LogP contribution in [0.2, 0.25) is 0 Å². The lowest BCUT2D eigenvalue weighted by Gasteiger charge is -2.30. The predicted octanol–water partition coefficient (Wildman–Crippen LogP) is 8.54. The Morgan fingerprint density at radius 1 is 0.455 bits per heavy atom. The Kier molecular flexibility index (Phi) is 3.97. The molecule has 1 N–H and O–H groups in total. The molecule has 0 saturated heterocycles. The van der Waals surface area contributed by atoms with Gasteiger partial charge in [0.25, 0.3) is 0 Å². The molecule has 1 nitrogen and oxygen atoms in total. The van der Waals surface area contributed by atoms with Crippen LogP contribution in [-0.4, -0.2) is 0 Å². The van der Waals surface area contributed by atoms with Crippen LogP contribution in [0.5, 0.6) is 0 Å². The molecule has 2 aliphatic rings. The normalized spacial score (nSPS) is 13.8. The molecule has 2 aliphatic carbocycles. The molecule has 7 rings (SSSR count). The van der Waals surface area contributed by atoms with Crippen molar-refractivity contribution in [1.29, 1.82) is 0 Å². The number of fused-ring (bicyclic) bond motifs is 10. The number of anilines is 2. The Morgan fingerprint density at radius 2 is 0.939 bits per heavy atom. The maximum absolute atomic E-state index is 3.72. The maximum atomic E-state index is 3.72. The van der Waals surface area contributed by atoms with Gasteiger partial charge in [-0.05, 0) is 73.1 Å². The van der Waals surface area contributed by atoms with E-state index in [2.05, 4.69) is 130 Å². The van der Waals surface area contributed by atoms with Crippen molar-refractivity contribution in [2.45, 2.75) is 5.41 Å². The van der Waals surface area contributed by atoms with Gasteiger partial charge in [-0.3, -0.25) is 0 Å². The summed E-state index contributed by atoms with van der Waals surface area (Å²) < 4.78 is 1.06. The fourth-order valence-corrected chi connectivity index (χ4v) is 6.34. The zero-order chi connectivity index (χ0) is 22.0. The summed E-state index contributed by atoms with van der Waals surface area (Å²) in [6.45, 7) is 0. The molecule has 0 atom stereocenters. The quantitative estimate of drug-likeness (QED) is 0.258. The van der Waals surface area contributed by atoms with E-state index in [9.17, 15) is 0 Å². The molecule has 5 aromatic rings. The largest absolute Gasteiger partial charge is 0.354 e. The summed E-state index contributed by atoms with van der Waals surface area (Å²) in [7, 11) is 0. The Bertz CT molecular complexity index is 1520. The molecular formula is C31H20BrN. The Labute approximate surface area is 201 Å². The van der Waals surface area contributed by atoms with Gasteiger partial charge in [0.1, 0.15) is 0 Å². The van der Waals surface area contributed by atoms with Crippen molar-refractivity contribution in [3.63, 3.8) is 0 Å². The second-order valence-electron chi connectivity index (χ2n) is 8.72. The van der Waals surface area contributed by atoms with Crippen molar-refractivity contribution in [3.05, 3.63) is 142 Å². The van der Waals surface area contributed by atoms with E-state index in [-0.39, 0.29) is 5.41 Å². The van der Waals surface area contributed by atoms with Crippen molar-refractivity contribution in [2.24, 2.45) is 0 Å². The molecule has 33 heavy (non-hydrogen) atoms. The highest BCUT2D eigenvalue weighted by Crippen LogP contribution is 2.63. The van der Waals surface area contributed by atoms with Gasteiger partial charge >= 0.3 is 0 Å². The molecule has 2 heteroatoms. The van der Waals surface area contributed by atoms with Crippen LogP contribution < -0.4 is 5.32 Å². The third kappa shape index (κ3) is 2.42. The lowest BCUT2D eigenvalue weighted by molar-refractivity contribution is 0.794. The minimum atomic E-state index is -0.301. The summed E-state index contributed by atoms with van der Waals surface area (Å²) in [6, 6.07) is 41.8. The van der Waals surface area contributed by atoms with E-state index >= 15 is 0 Å². The number of rotatable bonds is 2. The van der Waals surface area contributed by atoms with E-state index < -0.39 is 0 Å². The van der Waals surface area contributed by atoms with Gasteiger partial charge in [0, 0.05) is 15.7 Å². The summed E-state index contributed by atoms with van der Waals surface area (Å²) in [6.07, 6.45) is 0. The molecule has 156 valence electrons. The van der Waals surface area contributed by atoms with Crippen LogP contribution >= 0.6 is 15.9 Å². The van der Waals surface area contributed by atoms with Crippen LogP contribution in [0.15, 0.2) is 120 Å². The SMILES string of the molecule is Brc1ccccc1Nc1cccc2c1-c1ccccc1C21c2ccccc2-c2ccccc21. The zero-order valence-electron chi connectivity index (χ0n) is 17.8. The summed E-state index contributed by atoms with van der Waals surface area (Å²) >= 11 is 3.71. The third-order valence-corrected chi connectivity index (χ3v) is 7.86. The van der Waals surface area contributed by atoms with E-state index in [1.54, 1.807) is 0 Å². The Hall–Kier alpha value is -3.62.